The van der Waals surface area contributed by atoms with Gasteiger partial charge in [0.05, 0.1) is 11.8 Å². The van der Waals surface area contributed by atoms with E-state index < -0.39 is 0 Å². The number of benzene rings is 2. The molecule has 0 spiro atoms. The highest BCUT2D eigenvalue weighted by Crippen LogP contribution is 2.32. The Morgan fingerprint density at radius 3 is 2.56 bits per heavy atom. The van der Waals surface area contributed by atoms with Crippen molar-refractivity contribution in [2.75, 3.05) is 11.4 Å². The first-order valence-corrected chi connectivity index (χ1v) is 11.5. The van der Waals surface area contributed by atoms with Gasteiger partial charge in [0.2, 0.25) is 5.91 Å². The number of rotatable bonds is 6. The highest BCUT2D eigenvalue weighted by molar-refractivity contribution is 8.00. The number of thioether (sulfide) groups is 1. The Morgan fingerprint density at radius 1 is 1.00 bits per heavy atom. The minimum absolute atomic E-state index is 0.0969. The number of nitrogens with zero attached hydrogens (tertiary/aromatic N) is 5. The molecule has 4 aromatic rings. The summed E-state index contributed by atoms with van der Waals surface area (Å²) in [7, 11) is 0. The van der Waals surface area contributed by atoms with Crippen LogP contribution >= 0.6 is 11.8 Å². The van der Waals surface area contributed by atoms with Crippen molar-refractivity contribution in [1.29, 1.82) is 0 Å². The van der Waals surface area contributed by atoms with Gasteiger partial charge in [-0.15, -0.1) is 10.2 Å². The van der Waals surface area contributed by atoms with E-state index in [2.05, 4.69) is 37.9 Å². The molecule has 0 aliphatic carbocycles. The molecule has 5 rings (SSSR count). The molecule has 2 aromatic heterocycles. The summed E-state index contributed by atoms with van der Waals surface area (Å²) in [5.41, 5.74) is 4.35. The maximum absolute atomic E-state index is 13.3. The second-order valence-corrected chi connectivity index (χ2v) is 9.05. The van der Waals surface area contributed by atoms with Gasteiger partial charge in [-0.25, -0.2) is 0 Å². The fraction of sp³-hybridized carbons (Fsp3) is 0.200. The highest BCUT2D eigenvalue weighted by Gasteiger charge is 2.29. The predicted octanol–water partition coefficient (Wildman–Crippen LogP) is 4.46. The smallest absolute Gasteiger partial charge is 0.240 e. The maximum Gasteiger partial charge on any atom is 0.240 e. The number of pyridine rings is 1. The summed E-state index contributed by atoms with van der Waals surface area (Å²) >= 11 is 1.46. The van der Waals surface area contributed by atoms with Crippen LogP contribution < -0.4 is 4.90 Å². The number of hydrogen-bond acceptors (Lipinski definition) is 5. The van der Waals surface area contributed by atoms with E-state index in [0.29, 0.717) is 6.54 Å². The van der Waals surface area contributed by atoms with Gasteiger partial charge in [-0.1, -0.05) is 60.3 Å². The Balaban J connectivity index is 1.43. The summed E-state index contributed by atoms with van der Waals surface area (Å²) in [5.74, 6) is 0.865. The van der Waals surface area contributed by atoms with E-state index in [-0.39, 0.29) is 11.2 Å². The molecule has 0 saturated heterocycles. The minimum Gasteiger partial charge on any atom is -0.311 e. The second-order valence-electron chi connectivity index (χ2n) is 7.74. The van der Waals surface area contributed by atoms with Crippen LogP contribution in [0.15, 0.2) is 84.3 Å². The molecule has 3 heterocycles. The van der Waals surface area contributed by atoms with Crippen LogP contribution in [0.2, 0.25) is 0 Å². The molecule has 1 aliphatic rings. The number of fused-ring (bicyclic) bond motifs is 1. The van der Waals surface area contributed by atoms with Gasteiger partial charge in [-0.05, 0) is 42.7 Å². The average molecular weight is 442 g/mol. The van der Waals surface area contributed by atoms with Gasteiger partial charge in [-0.2, -0.15) is 0 Å². The molecule has 32 heavy (non-hydrogen) atoms. The zero-order valence-corrected chi connectivity index (χ0v) is 18.6. The Morgan fingerprint density at radius 2 is 1.75 bits per heavy atom. The van der Waals surface area contributed by atoms with Crippen LogP contribution in [0.25, 0.3) is 11.4 Å². The van der Waals surface area contributed by atoms with Crippen LogP contribution in [0, 0.1) is 0 Å². The summed E-state index contributed by atoms with van der Waals surface area (Å²) in [6, 6.07) is 22.2. The van der Waals surface area contributed by atoms with Crippen molar-refractivity contribution in [3.63, 3.8) is 0 Å². The fourth-order valence-electron chi connectivity index (χ4n) is 3.99. The van der Waals surface area contributed by atoms with Gasteiger partial charge in [0, 0.05) is 30.2 Å². The van der Waals surface area contributed by atoms with Crippen molar-refractivity contribution >= 4 is 23.4 Å². The molecule has 1 unspecified atom stereocenters. The highest BCUT2D eigenvalue weighted by atomic mass is 32.2. The second kappa shape index (κ2) is 8.96. The van der Waals surface area contributed by atoms with Crippen LogP contribution in [-0.2, 0) is 17.8 Å². The number of carbonyl (C=O) groups excluding carboxylic acids is 1. The van der Waals surface area contributed by atoms with Crippen LogP contribution in [0.5, 0.6) is 0 Å². The van der Waals surface area contributed by atoms with E-state index in [9.17, 15) is 4.79 Å². The third kappa shape index (κ3) is 4.03. The lowest BCUT2D eigenvalue weighted by Gasteiger charge is -2.21. The van der Waals surface area contributed by atoms with E-state index in [1.54, 1.807) is 12.4 Å². The standard InChI is InChI=1S/C25H23N5OS/c1-18(24(31)29-16-13-20-9-5-6-10-22(20)29)32-25-28-27-23(21-11-14-26-15-12-21)30(25)17-19-7-3-2-4-8-19/h2-12,14-15,18H,13,16-17H2,1H3. The number of aromatic nitrogens is 4. The van der Waals surface area contributed by atoms with Crippen LogP contribution in [0.1, 0.15) is 18.1 Å². The van der Waals surface area contributed by atoms with Crippen molar-refractivity contribution in [1.82, 2.24) is 19.7 Å². The first kappa shape index (κ1) is 20.5. The number of amides is 1. The SMILES string of the molecule is CC(Sc1nnc(-c2ccncc2)n1Cc1ccccc1)C(=O)N1CCc2ccccc21. The summed E-state index contributed by atoms with van der Waals surface area (Å²) in [6.07, 6.45) is 4.40. The Kier molecular flexibility index (Phi) is 5.73. The number of carbonyl (C=O) groups is 1. The van der Waals surface area contributed by atoms with Crippen molar-refractivity contribution in [2.24, 2.45) is 0 Å². The molecule has 6 nitrogen and oxygen atoms in total. The molecule has 0 radical (unpaired) electrons. The Hall–Kier alpha value is -3.45. The van der Waals surface area contributed by atoms with Gasteiger partial charge < -0.3 is 4.90 Å². The normalized spacial score (nSPS) is 13.7. The summed E-state index contributed by atoms with van der Waals surface area (Å²) in [6.45, 7) is 3.30. The summed E-state index contributed by atoms with van der Waals surface area (Å²) in [4.78, 5) is 19.3. The fourth-order valence-corrected chi connectivity index (χ4v) is 4.90. The molecule has 0 N–H and O–H groups in total. The Labute approximate surface area is 191 Å². The first-order valence-electron chi connectivity index (χ1n) is 10.6. The molecule has 1 atom stereocenters. The third-order valence-electron chi connectivity index (χ3n) is 5.62. The van der Waals surface area contributed by atoms with E-state index in [4.69, 9.17) is 0 Å². The first-order chi connectivity index (χ1) is 15.7. The topological polar surface area (TPSA) is 63.9 Å². The van der Waals surface area contributed by atoms with E-state index in [1.807, 2.05) is 60.4 Å². The third-order valence-corrected chi connectivity index (χ3v) is 6.69. The molecule has 0 saturated carbocycles. The van der Waals surface area contributed by atoms with Gasteiger partial charge >= 0.3 is 0 Å². The van der Waals surface area contributed by atoms with Gasteiger partial charge in [-0.3, -0.25) is 14.3 Å². The lowest BCUT2D eigenvalue weighted by Crippen LogP contribution is -2.35. The summed E-state index contributed by atoms with van der Waals surface area (Å²) < 4.78 is 2.08. The molecule has 2 aromatic carbocycles. The molecule has 7 heteroatoms. The summed E-state index contributed by atoms with van der Waals surface area (Å²) in [5, 5.41) is 9.38. The monoisotopic (exact) mass is 441 g/mol. The van der Waals surface area contributed by atoms with E-state index >= 15 is 0 Å². The largest absolute Gasteiger partial charge is 0.311 e. The zero-order valence-electron chi connectivity index (χ0n) is 17.8. The van der Waals surface area contributed by atoms with Crippen molar-refractivity contribution in [3.05, 3.63) is 90.3 Å². The molecule has 1 aliphatic heterocycles. The lowest BCUT2D eigenvalue weighted by molar-refractivity contribution is -0.117. The van der Waals surface area contributed by atoms with Gasteiger partial charge in [0.25, 0.3) is 0 Å². The van der Waals surface area contributed by atoms with Crippen LogP contribution in [0.4, 0.5) is 5.69 Å². The number of hydrogen-bond donors (Lipinski definition) is 0. The van der Waals surface area contributed by atoms with Crippen molar-refractivity contribution in [2.45, 2.75) is 30.3 Å². The zero-order chi connectivity index (χ0) is 21.9. The quantitative estimate of drug-likeness (QED) is 0.414. The lowest BCUT2D eigenvalue weighted by atomic mass is 10.2. The molecule has 0 fully saturated rings. The average Bonchev–Trinajstić information content (AvgIpc) is 3.44. The number of anilines is 1. The van der Waals surface area contributed by atoms with Crippen molar-refractivity contribution < 1.29 is 4.79 Å². The van der Waals surface area contributed by atoms with Gasteiger partial charge in [0.1, 0.15) is 0 Å². The Bertz CT molecular complexity index is 1230. The van der Waals surface area contributed by atoms with E-state index in [1.165, 1.54) is 17.3 Å². The molecule has 1 amide bonds. The molecular formula is C25H23N5OS. The van der Waals surface area contributed by atoms with Crippen LogP contribution in [-0.4, -0.2) is 37.5 Å². The van der Waals surface area contributed by atoms with Crippen molar-refractivity contribution in [3.8, 4) is 11.4 Å². The minimum atomic E-state index is -0.287. The molecule has 0 bridgehead atoms. The van der Waals surface area contributed by atoms with E-state index in [0.717, 1.165) is 40.8 Å². The maximum atomic E-state index is 13.3. The molecule has 160 valence electrons. The number of para-hydroxylation sites is 1. The van der Waals surface area contributed by atoms with Gasteiger partial charge in [0.15, 0.2) is 11.0 Å². The molecular weight excluding hydrogens is 418 g/mol. The predicted molar refractivity (Wildman–Crippen MR) is 127 cm³/mol. The van der Waals surface area contributed by atoms with Crippen LogP contribution in [0.3, 0.4) is 0 Å².